The van der Waals surface area contributed by atoms with E-state index in [0.717, 1.165) is 11.4 Å². The Kier molecular flexibility index (Phi) is 6.64. The van der Waals surface area contributed by atoms with E-state index in [1.807, 2.05) is 38.3 Å². The maximum atomic E-state index is 10.5. The molecule has 0 saturated carbocycles. The van der Waals surface area contributed by atoms with Gasteiger partial charge >= 0.3 is 0 Å². The molecule has 0 aliphatic carbocycles. The fourth-order valence-corrected chi connectivity index (χ4v) is 2.39. The van der Waals surface area contributed by atoms with Gasteiger partial charge in [-0.05, 0) is 39.1 Å². The predicted octanol–water partition coefficient (Wildman–Crippen LogP) is 1.94. The van der Waals surface area contributed by atoms with Crippen molar-refractivity contribution >= 4 is 17.3 Å². The van der Waals surface area contributed by atoms with Crippen molar-refractivity contribution < 1.29 is 9.84 Å². The number of nitrogens with zero attached hydrogens (tertiary/aromatic N) is 1. The highest BCUT2D eigenvalue weighted by molar-refractivity contribution is 7.10. The average molecular weight is 313 g/mol. The molecule has 1 aromatic heterocycles. The molecule has 0 radical (unpaired) electrons. The molecule has 6 heteroatoms. The zero-order valence-corrected chi connectivity index (χ0v) is 14.4. The van der Waals surface area contributed by atoms with Gasteiger partial charge < -0.3 is 20.5 Å². The normalized spacial score (nSPS) is 15.6. The van der Waals surface area contributed by atoms with Crippen molar-refractivity contribution in [1.82, 2.24) is 10.6 Å². The molecule has 0 bridgehead atoms. The molecule has 0 aliphatic rings. The minimum absolute atomic E-state index is 0.307. The summed E-state index contributed by atoms with van der Waals surface area (Å²) >= 11 is 1.55. The summed E-state index contributed by atoms with van der Waals surface area (Å²) in [4.78, 5) is 5.44. The van der Waals surface area contributed by atoms with Crippen molar-refractivity contribution in [2.75, 3.05) is 26.7 Å². The Labute approximate surface area is 131 Å². The van der Waals surface area contributed by atoms with Crippen LogP contribution in [0.5, 0.6) is 0 Å². The largest absolute Gasteiger partial charge is 0.383 e. The molecule has 0 spiro atoms. The molecule has 1 aromatic rings. The van der Waals surface area contributed by atoms with Crippen LogP contribution in [-0.2, 0) is 10.3 Å². The number of guanidine groups is 1. The van der Waals surface area contributed by atoms with Crippen LogP contribution in [0.2, 0.25) is 0 Å². The Hall–Kier alpha value is -1.11. The molecule has 0 fully saturated rings. The number of thiophene rings is 1. The molecule has 0 aliphatic heterocycles. The summed E-state index contributed by atoms with van der Waals surface area (Å²) in [5, 5.41) is 18.8. The van der Waals surface area contributed by atoms with E-state index in [2.05, 4.69) is 15.6 Å². The highest BCUT2D eigenvalue weighted by Gasteiger charge is 2.24. The molecule has 1 unspecified atom stereocenters. The summed E-state index contributed by atoms with van der Waals surface area (Å²) in [5.41, 5.74) is -1.22. The van der Waals surface area contributed by atoms with Crippen LogP contribution in [-0.4, -0.2) is 43.4 Å². The molecular formula is C15H27N3O2S. The Balaban J connectivity index is 2.64. The Morgan fingerprint density at radius 1 is 1.38 bits per heavy atom. The van der Waals surface area contributed by atoms with E-state index in [9.17, 15) is 5.11 Å². The number of aliphatic hydroxyl groups is 1. The van der Waals surface area contributed by atoms with Crippen LogP contribution >= 0.6 is 11.3 Å². The van der Waals surface area contributed by atoms with Crippen LogP contribution in [0.25, 0.3) is 0 Å². The zero-order valence-electron chi connectivity index (χ0n) is 13.6. The lowest BCUT2D eigenvalue weighted by Crippen LogP contribution is -2.45. The molecule has 1 heterocycles. The van der Waals surface area contributed by atoms with Gasteiger partial charge in [-0.2, -0.15) is 0 Å². The van der Waals surface area contributed by atoms with Crippen LogP contribution in [0.3, 0.4) is 0 Å². The third-order valence-corrected chi connectivity index (χ3v) is 4.29. The molecule has 120 valence electrons. The number of aliphatic imine (C=N–C) groups is 1. The second kappa shape index (κ2) is 7.77. The molecule has 0 saturated heterocycles. The Morgan fingerprint density at radius 2 is 2.10 bits per heavy atom. The lowest BCUT2D eigenvalue weighted by Gasteiger charge is -2.25. The number of rotatable bonds is 7. The van der Waals surface area contributed by atoms with Crippen molar-refractivity contribution in [3.8, 4) is 0 Å². The van der Waals surface area contributed by atoms with Crippen LogP contribution in [0.4, 0.5) is 0 Å². The molecule has 1 rings (SSSR count). The smallest absolute Gasteiger partial charge is 0.191 e. The quantitative estimate of drug-likeness (QED) is 0.532. The monoisotopic (exact) mass is 313 g/mol. The van der Waals surface area contributed by atoms with Gasteiger partial charge in [-0.1, -0.05) is 6.07 Å². The van der Waals surface area contributed by atoms with E-state index in [-0.39, 0.29) is 5.60 Å². The van der Waals surface area contributed by atoms with E-state index in [1.54, 1.807) is 25.4 Å². The number of hydrogen-bond donors (Lipinski definition) is 3. The maximum absolute atomic E-state index is 10.5. The first kappa shape index (κ1) is 17.9. The van der Waals surface area contributed by atoms with E-state index in [1.165, 1.54) is 0 Å². The van der Waals surface area contributed by atoms with Crippen molar-refractivity contribution in [3.05, 3.63) is 22.4 Å². The molecule has 0 amide bonds. The van der Waals surface area contributed by atoms with Gasteiger partial charge in [0.1, 0.15) is 5.60 Å². The first-order valence-electron chi connectivity index (χ1n) is 7.14. The standard InChI is InChI=1S/C15H27N3O2S/c1-6-16-13(17-10-14(2,3)20-5)18-11-15(4,19)12-8-7-9-21-12/h7-9,19H,6,10-11H2,1-5H3,(H2,16,17,18). The van der Waals surface area contributed by atoms with Gasteiger partial charge in [0.05, 0.1) is 18.7 Å². The first-order chi connectivity index (χ1) is 9.80. The van der Waals surface area contributed by atoms with Gasteiger partial charge in [0, 0.05) is 18.5 Å². The molecule has 5 nitrogen and oxygen atoms in total. The molecule has 1 atom stereocenters. The van der Waals surface area contributed by atoms with E-state index >= 15 is 0 Å². The van der Waals surface area contributed by atoms with Crippen LogP contribution in [0, 0.1) is 0 Å². The lowest BCUT2D eigenvalue weighted by molar-refractivity contribution is 0.0310. The van der Waals surface area contributed by atoms with E-state index in [4.69, 9.17) is 4.74 Å². The van der Waals surface area contributed by atoms with Crippen molar-refractivity contribution in [1.29, 1.82) is 0 Å². The second-order valence-electron chi connectivity index (χ2n) is 5.76. The first-order valence-corrected chi connectivity index (χ1v) is 8.02. The summed E-state index contributed by atoms with van der Waals surface area (Å²) in [6.45, 7) is 9.49. The minimum atomic E-state index is -0.916. The highest BCUT2D eigenvalue weighted by Crippen LogP contribution is 2.24. The fourth-order valence-electron chi connectivity index (χ4n) is 1.60. The fraction of sp³-hybridized carbons (Fsp3) is 0.667. The lowest BCUT2D eigenvalue weighted by atomic mass is 10.1. The number of ether oxygens (including phenoxy) is 1. The average Bonchev–Trinajstić information content (AvgIpc) is 2.97. The zero-order chi connectivity index (χ0) is 15.9. The summed E-state index contributed by atoms with van der Waals surface area (Å²) < 4.78 is 5.36. The van der Waals surface area contributed by atoms with Crippen LogP contribution < -0.4 is 10.6 Å². The van der Waals surface area contributed by atoms with E-state index in [0.29, 0.717) is 19.0 Å². The van der Waals surface area contributed by atoms with Crippen molar-refractivity contribution in [2.45, 2.75) is 38.9 Å². The van der Waals surface area contributed by atoms with Crippen LogP contribution in [0.1, 0.15) is 32.6 Å². The summed E-state index contributed by atoms with van der Waals surface area (Å²) in [7, 11) is 1.68. The number of nitrogens with one attached hydrogen (secondary N) is 2. The van der Waals surface area contributed by atoms with Crippen LogP contribution in [0.15, 0.2) is 22.5 Å². The van der Waals surface area contributed by atoms with Crippen molar-refractivity contribution in [2.24, 2.45) is 4.99 Å². The highest BCUT2D eigenvalue weighted by atomic mass is 32.1. The molecule has 3 N–H and O–H groups in total. The summed E-state index contributed by atoms with van der Waals surface area (Å²) in [6, 6.07) is 3.87. The molecular weight excluding hydrogens is 286 g/mol. The van der Waals surface area contributed by atoms with Gasteiger partial charge in [0.15, 0.2) is 5.96 Å². The summed E-state index contributed by atoms with van der Waals surface area (Å²) in [6.07, 6.45) is 0. The van der Waals surface area contributed by atoms with Crippen molar-refractivity contribution in [3.63, 3.8) is 0 Å². The maximum Gasteiger partial charge on any atom is 0.191 e. The van der Waals surface area contributed by atoms with Gasteiger partial charge in [0.25, 0.3) is 0 Å². The number of methoxy groups -OCH3 is 1. The van der Waals surface area contributed by atoms with E-state index < -0.39 is 5.60 Å². The topological polar surface area (TPSA) is 65.9 Å². The third kappa shape index (κ3) is 6.03. The summed E-state index contributed by atoms with van der Waals surface area (Å²) in [5.74, 6) is 0.680. The SMILES string of the molecule is CCNC(=NCC(C)(C)OC)NCC(C)(O)c1cccs1. The van der Waals surface area contributed by atoms with Gasteiger partial charge in [-0.3, -0.25) is 4.99 Å². The van der Waals surface area contributed by atoms with Gasteiger partial charge in [-0.25, -0.2) is 0 Å². The predicted molar refractivity (Wildman–Crippen MR) is 89.0 cm³/mol. The molecule has 21 heavy (non-hydrogen) atoms. The Bertz CT molecular complexity index is 442. The second-order valence-corrected chi connectivity index (χ2v) is 6.71. The Morgan fingerprint density at radius 3 is 2.62 bits per heavy atom. The van der Waals surface area contributed by atoms with Gasteiger partial charge in [0.2, 0.25) is 0 Å². The minimum Gasteiger partial charge on any atom is -0.383 e. The van der Waals surface area contributed by atoms with Gasteiger partial charge in [-0.15, -0.1) is 11.3 Å². The number of hydrogen-bond acceptors (Lipinski definition) is 4. The third-order valence-electron chi connectivity index (χ3n) is 3.17. The molecule has 0 aromatic carbocycles.